The van der Waals surface area contributed by atoms with Gasteiger partial charge in [0.1, 0.15) is 0 Å². The van der Waals surface area contributed by atoms with E-state index in [9.17, 15) is 31.6 Å². The molecule has 16 nitrogen and oxygen atoms in total. The summed E-state index contributed by atoms with van der Waals surface area (Å²) in [5.74, 6) is 0.480. The van der Waals surface area contributed by atoms with E-state index in [4.69, 9.17) is 49.4 Å². The van der Waals surface area contributed by atoms with Crippen LogP contribution in [0.4, 0.5) is 34.1 Å². The number of fused-ring (bicyclic) bond motifs is 6. The summed E-state index contributed by atoms with van der Waals surface area (Å²) in [7, 11) is 0. The van der Waals surface area contributed by atoms with Crippen molar-refractivity contribution in [2.45, 2.75) is 0 Å². The van der Waals surface area contributed by atoms with Crippen LogP contribution in [-0.4, -0.2) is 19.1 Å². The van der Waals surface area contributed by atoms with Crippen molar-refractivity contribution in [3.63, 3.8) is 0 Å². The summed E-state index contributed by atoms with van der Waals surface area (Å²) < 4.78 is 4.24. The molecular weight excluding hydrogens is 1280 g/mol. The van der Waals surface area contributed by atoms with Crippen LogP contribution in [0.15, 0.2) is 231 Å². The van der Waals surface area contributed by atoms with E-state index < -0.39 is 0 Å². The van der Waals surface area contributed by atoms with E-state index in [1.807, 2.05) is 176 Å². The third-order valence-corrected chi connectivity index (χ3v) is 18.4. The number of hydrogen-bond donors (Lipinski definition) is 0. The molecular formula is C88H38N16. The molecule has 0 N–H and O–H groups in total. The van der Waals surface area contributed by atoms with Crippen LogP contribution in [-0.2, 0) is 0 Å². The van der Waals surface area contributed by atoms with Gasteiger partial charge in [-0.05, 0) is 137 Å². The molecule has 15 aromatic rings. The Morgan fingerprint density at radius 1 is 0.279 bits per heavy atom. The lowest BCUT2D eigenvalue weighted by atomic mass is 9.93. The van der Waals surface area contributed by atoms with Crippen LogP contribution in [0.2, 0.25) is 0 Å². The Kier molecular flexibility index (Phi) is 15.8. The average molecular weight is 1320 g/mol. The lowest BCUT2D eigenvalue weighted by molar-refractivity contribution is 1.15. The fourth-order valence-electron chi connectivity index (χ4n) is 13.9. The zero-order chi connectivity index (χ0) is 71.9. The molecule has 0 atom stereocenters. The molecule has 0 aliphatic heterocycles. The van der Waals surface area contributed by atoms with E-state index in [1.165, 1.54) is 48.5 Å². The lowest BCUT2D eigenvalue weighted by Gasteiger charge is -2.20. The molecule has 12 aromatic carbocycles. The van der Waals surface area contributed by atoms with Crippen LogP contribution in [0.5, 0.6) is 0 Å². The third-order valence-electron chi connectivity index (χ3n) is 18.4. The Balaban J connectivity index is 1.06. The van der Waals surface area contributed by atoms with E-state index in [0.717, 1.165) is 11.1 Å². The van der Waals surface area contributed by atoms with E-state index in [-0.39, 0.29) is 67.5 Å². The van der Waals surface area contributed by atoms with Crippen molar-refractivity contribution in [1.82, 2.24) is 19.1 Å². The first-order valence-corrected chi connectivity index (χ1v) is 31.8. The molecule has 3 heterocycles. The van der Waals surface area contributed by atoms with Crippen molar-refractivity contribution in [2.24, 2.45) is 0 Å². The molecule has 0 fully saturated rings. The van der Waals surface area contributed by atoms with Crippen LogP contribution in [0.1, 0.15) is 33.4 Å². The van der Waals surface area contributed by atoms with Gasteiger partial charge in [-0.15, -0.1) is 0 Å². The number of rotatable bonds is 10. The summed E-state index contributed by atoms with van der Waals surface area (Å²) in [5.41, 5.74) is 13.7. The molecule has 3 aromatic heterocycles. The second kappa shape index (κ2) is 26.0. The molecule has 0 radical (unpaired) electrons. The zero-order valence-corrected chi connectivity index (χ0v) is 54.1. The number of aromatic nitrogens is 4. The Bertz CT molecular complexity index is 6390. The summed E-state index contributed by atoms with van der Waals surface area (Å²) in [6.45, 7) is 48.8. The SMILES string of the molecule is [C-]#[N+]c1cc(C#N)c(-c2ccc3c(c2)c2cc(-c4c(C#N)cc([N+]#[C-])cc4[N+]#[C-])ccc2n3-c2cc(-c3cc(-c4ccccc4)nc(-c4ccccc4)n3)ccc2-c2ccccc2-n2c3ccc(-c4c(C#N)cc(C#N)cc4[N+]#[C-])cc3c3cc(-c4c([N+]#[C-])cc(C#N)cc4[N+]#[C-])ccc32)c(C#N)c1. The zero-order valence-electron chi connectivity index (χ0n) is 54.1. The van der Waals surface area contributed by atoms with Gasteiger partial charge in [-0.2, -0.15) is 31.6 Å². The van der Waals surface area contributed by atoms with E-state index in [2.05, 4.69) is 80.7 Å². The summed E-state index contributed by atoms with van der Waals surface area (Å²) in [4.78, 5) is 32.9. The maximum Gasteiger partial charge on any atom is 0.197 e. The fraction of sp³-hybridized carbons (Fsp3) is 0. The van der Waals surface area contributed by atoms with Gasteiger partial charge in [-0.1, -0.05) is 121 Å². The first kappa shape index (κ1) is 63.3. The normalized spacial score (nSPS) is 10.6. The molecule has 0 saturated carbocycles. The molecule has 16 heteroatoms. The molecule has 0 saturated heterocycles. The Morgan fingerprint density at radius 2 is 0.654 bits per heavy atom. The average Bonchev–Trinajstić information content (AvgIpc) is 1.56. The van der Waals surface area contributed by atoms with E-state index in [1.54, 1.807) is 0 Å². The Morgan fingerprint density at radius 3 is 1.13 bits per heavy atom. The molecule has 0 bridgehead atoms. The largest absolute Gasteiger partial charge is 0.309 e. The summed E-state index contributed by atoms with van der Waals surface area (Å²) in [5, 5.41) is 65.3. The molecule has 0 aliphatic rings. The predicted molar refractivity (Wildman–Crippen MR) is 400 cm³/mol. The van der Waals surface area contributed by atoms with Gasteiger partial charge in [-0.25, -0.2) is 39.0 Å². The summed E-state index contributed by atoms with van der Waals surface area (Å²) in [6.07, 6.45) is 0. The van der Waals surface area contributed by atoms with Crippen LogP contribution >= 0.6 is 0 Å². The predicted octanol–water partition coefficient (Wildman–Crippen LogP) is 22.5. The van der Waals surface area contributed by atoms with Crippen LogP contribution in [0.3, 0.4) is 0 Å². The molecule has 470 valence electrons. The van der Waals surface area contributed by atoms with Crippen molar-refractivity contribution < 1.29 is 0 Å². The summed E-state index contributed by atoms with van der Waals surface area (Å²) in [6, 6.07) is 82.9. The number of hydrogen-bond acceptors (Lipinski definition) is 8. The molecule has 0 amide bonds. The number of benzene rings is 12. The van der Waals surface area contributed by atoms with Gasteiger partial charge in [-0.3, -0.25) is 0 Å². The maximum absolute atomic E-state index is 10.7. The van der Waals surface area contributed by atoms with Crippen LogP contribution in [0, 0.1) is 107 Å². The fourth-order valence-corrected chi connectivity index (χ4v) is 13.9. The highest BCUT2D eigenvalue weighted by atomic mass is 15.0. The number of nitrogens with zero attached hydrogens (tertiary/aromatic N) is 16. The van der Waals surface area contributed by atoms with Crippen molar-refractivity contribution in [3.8, 4) is 137 Å². The van der Waals surface area contributed by atoms with Gasteiger partial charge in [0.15, 0.2) is 39.9 Å². The standard InChI is InChI=1S/C88H38N16/c1-95-64-35-61(48-92)84(62(36-64)49-93)56-22-27-81-68(38-56)70-40-58(86-63(50-94)37-65(96-2)43-77(86)100-6)24-29-82(70)104(81)83-42-55(73-44-72(53-15-9-7-10-16-53)101-88(102-73)54-17-11-8-12-18-54)21-26-67(83)66-19-13-14-20-78(66)103-79-28-23-57(85-60(47-91)31-51(45-89)32-74(85)97-3)39-69(79)71-41-59(25-30-80(71)103)87-75(98-4)33-52(46-90)34-76(87)99-5/h7-44H. The van der Waals surface area contributed by atoms with Crippen molar-refractivity contribution in [2.75, 3.05) is 0 Å². The lowest BCUT2D eigenvalue weighted by Crippen LogP contribution is -2.03. The van der Waals surface area contributed by atoms with E-state index in [0.29, 0.717) is 133 Å². The minimum atomic E-state index is 0.0968. The minimum absolute atomic E-state index is 0.0968. The topological polar surface area (TPSA) is 205 Å². The summed E-state index contributed by atoms with van der Waals surface area (Å²) >= 11 is 0. The number of nitriles is 6. The van der Waals surface area contributed by atoms with Crippen molar-refractivity contribution >= 4 is 77.7 Å². The molecule has 0 unspecified atom stereocenters. The second-order valence-electron chi connectivity index (χ2n) is 24.0. The minimum Gasteiger partial charge on any atom is -0.309 e. The van der Waals surface area contributed by atoms with Crippen molar-refractivity contribution in [1.29, 1.82) is 31.6 Å². The first-order valence-electron chi connectivity index (χ1n) is 31.8. The van der Waals surface area contributed by atoms with Gasteiger partial charge in [0.2, 0.25) is 0 Å². The smallest absolute Gasteiger partial charge is 0.197 e. The van der Waals surface area contributed by atoms with Gasteiger partial charge in [0.25, 0.3) is 0 Å². The third kappa shape index (κ3) is 10.6. The van der Waals surface area contributed by atoms with Gasteiger partial charge in [0, 0.05) is 82.7 Å². The maximum atomic E-state index is 10.7. The highest BCUT2D eigenvalue weighted by Crippen LogP contribution is 2.49. The highest BCUT2D eigenvalue weighted by Gasteiger charge is 2.27. The quantitative estimate of drug-likeness (QED) is 0.120. The second-order valence-corrected chi connectivity index (χ2v) is 24.0. The Hall–Kier alpha value is -16.8. The molecule has 15 rings (SSSR count). The van der Waals surface area contributed by atoms with Crippen LogP contribution < -0.4 is 0 Å². The Labute approximate surface area is 594 Å². The molecule has 104 heavy (non-hydrogen) atoms. The number of para-hydroxylation sites is 1. The van der Waals surface area contributed by atoms with Gasteiger partial charge >= 0.3 is 0 Å². The van der Waals surface area contributed by atoms with Crippen molar-refractivity contribution in [3.05, 3.63) is 332 Å². The molecule has 0 spiro atoms. The highest BCUT2D eigenvalue weighted by molar-refractivity contribution is 6.15. The first-order chi connectivity index (χ1) is 51.0. The van der Waals surface area contributed by atoms with Crippen LogP contribution in [0.25, 0.3) is 174 Å². The molecule has 0 aliphatic carbocycles. The van der Waals surface area contributed by atoms with E-state index >= 15 is 0 Å². The van der Waals surface area contributed by atoms with Gasteiger partial charge < -0.3 is 9.13 Å². The monoisotopic (exact) mass is 1320 g/mol. The van der Waals surface area contributed by atoms with Gasteiger partial charge in [0.05, 0.1) is 137 Å².